The predicted molar refractivity (Wildman–Crippen MR) is 92.6 cm³/mol. The second-order valence-electron chi connectivity index (χ2n) is 4.94. The molecule has 0 fully saturated rings. The van der Waals surface area contributed by atoms with Crippen LogP contribution < -0.4 is 0 Å². The Balaban J connectivity index is 1.95. The zero-order chi connectivity index (χ0) is 16.7. The number of nitrogens with zero attached hydrogens (tertiary/aromatic N) is 4. The first-order valence-electron chi connectivity index (χ1n) is 7.57. The van der Waals surface area contributed by atoms with E-state index in [1.807, 2.05) is 12.1 Å². The summed E-state index contributed by atoms with van der Waals surface area (Å²) in [6.07, 6.45) is 0. The van der Waals surface area contributed by atoms with Crippen LogP contribution in [0.2, 0.25) is 0 Å². The molecule has 0 saturated heterocycles. The molecule has 0 bridgehead atoms. The zero-order valence-corrected chi connectivity index (χ0v) is 14.1. The summed E-state index contributed by atoms with van der Waals surface area (Å²) in [4.78, 5) is 12.6. The summed E-state index contributed by atoms with van der Waals surface area (Å²) in [6.45, 7) is 7.47. The smallest absolute Gasteiger partial charge is 0.269 e. The molecular formula is C16H20N4O2S. The fourth-order valence-electron chi connectivity index (χ4n) is 2.12. The average molecular weight is 332 g/mol. The Labute approximate surface area is 140 Å². The number of benzene rings is 1. The molecular weight excluding hydrogens is 312 g/mol. The lowest BCUT2D eigenvalue weighted by molar-refractivity contribution is -0.384. The first kappa shape index (κ1) is 17.4. The molecule has 1 aromatic heterocycles. The predicted octanol–water partition coefficient (Wildman–Crippen LogP) is 3.49. The van der Waals surface area contributed by atoms with Gasteiger partial charge in [-0.25, -0.2) is 0 Å². The molecule has 0 atom stereocenters. The fraction of sp³-hybridized carbons (Fsp3) is 0.375. The average Bonchev–Trinajstić information content (AvgIpc) is 2.59. The highest BCUT2D eigenvalue weighted by atomic mass is 32.2. The van der Waals surface area contributed by atoms with Gasteiger partial charge in [0.05, 0.1) is 10.6 Å². The topological polar surface area (TPSA) is 72.2 Å². The van der Waals surface area contributed by atoms with Gasteiger partial charge in [0.1, 0.15) is 5.03 Å². The van der Waals surface area contributed by atoms with Crippen LogP contribution >= 0.6 is 11.8 Å². The monoisotopic (exact) mass is 332 g/mol. The molecule has 0 aliphatic rings. The molecule has 0 aliphatic heterocycles. The normalized spacial score (nSPS) is 10.9. The van der Waals surface area contributed by atoms with E-state index in [9.17, 15) is 10.1 Å². The van der Waals surface area contributed by atoms with Crippen LogP contribution in [0.1, 0.15) is 13.8 Å². The lowest BCUT2D eigenvalue weighted by Gasteiger charge is -2.16. The maximum atomic E-state index is 10.7. The minimum absolute atomic E-state index is 0.0743. The van der Waals surface area contributed by atoms with Gasteiger partial charge in [-0.05, 0) is 37.4 Å². The number of hydrogen-bond acceptors (Lipinski definition) is 6. The number of hydrogen-bond donors (Lipinski definition) is 0. The first-order valence-corrected chi connectivity index (χ1v) is 8.56. The molecule has 2 aromatic rings. The highest BCUT2D eigenvalue weighted by molar-refractivity contribution is 7.99. The van der Waals surface area contributed by atoms with Crippen molar-refractivity contribution < 1.29 is 4.92 Å². The Morgan fingerprint density at radius 3 is 2.30 bits per heavy atom. The number of nitro groups is 1. The second kappa shape index (κ2) is 8.59. The molecule has 1 heterocycles. The maximum absolute atomic E-state index is 10.7. The van der Waals surface area contributed by atoms with Crippen molar-refractivity contribution in [1.82, 2.24) is 15.1 Å². The molecule has 0 spiro atoms. The van der Waals surface area contributed by atoms with Crippen LogP contribution in [0, 0.1) is 10.1 Å². The largest absolute Gasteiger partial charge is 0.303 e. The SMILES string of the molecule is CCN(CC)CCSc1ccc(-c2ccc([N+](=O)[O-])cc2)nn1. The standard InChI is InChI=1S/C16H20N4O2S/c1-3-19(4-2)11-12-23-16-10-9-15(17-18-16)13-5-7-14(8-6-13)20(21)22/h5-10H,3-4,11-12H2,1-2H3. The minimum atomic E-state index is -0.412. The Hall–Kier alpha value is -1.99. The molecule has 0 N–H and O–H groups in total. The van der Waals surface area contributed by atoms with Gasteiger partial charge >= 0.3 is 0 Å². The van der Waals surface area contributed by atoms with Crippen LogP contribution in [0.25, 0.3) is 11.3 Å². The van der Waals surface area contributed by atoms with Crippen LogP contribution in [0.3, 0.4) is 0 Å². The van der Waals surface area contributed by atoms with E-state index in [0.717, 1.165) is 36.0 Å². The van der Waals surface area contributed by atoms with E-state index in [2.05, 4.69) is 28.9 Å². The van der Waals surface area contributed by atoms with Crippen molar-refractivity contribution in [3.05, 3.63) is 46.5 Å². The summed E-state index contributed by atoms with van der Waals surface area (Å²) in [5.74, 6) is 0.979. The summed E-state index contributed by atoms with van der Waals surface area (Å²) >= 11 is 1.69. The quantitative estimate of drug-likeness (QED) is 0.418. The molecule has 0 amide bonds. The van der Waals surface area contributed by atoms with Crippen LogP contribution in [0.15, 0.2) is 41.4 Å². The Morgan fingerprint density at radius 2 is 1.78 bits per heavy atom. The number of aromatic nitrogens is 2. The van der Waals surface area contributed by atoms with Crippen LogP contribution in [-0.2, 0) is 0 Å². The molecule has 7 heteroatoms. The van der Waals surface area contributed by atoms with Crippen molar-refractivity contribution in [2.45, 2.75) is 18.9 Å². The molecule has 1 aromatic carbocycles. The van der Waals surface area contributed by atoms with Crippen LogP contribution in [0.4, 0.5) is 5.69 Å². The van der Waals surface area contributed by atoms with Gasteiger partial charge in [0.25, 0.3) is 5.69 Å². The van der Waals surface area contributed by atoms with Gasteiger partial charge in [0, 0.05) is 30.0 Å². The van der Waals surface area contributed by atoms with E-state index in [-0.39, 0.29) is 5.69 Å². The lowest BCUT2D eigenvalue weighted by Crippen LogP contribution is -2.25. The van der Waals surface area contributed by atoms with Gasteiger partial charge in [-0.1, -0.05) is 13.8 Å². The van der Waals surface area contributed by atoms with E-state index < -0.39 is 4.92 Å². The maximum Gasteiger partial charge on any atom is 0.269 e. The van der Waals surface area contributed by atoms with Gasteiger partial charge in [-0.2, -0.15) is 0 Å². The highest BCUT2D eigenvalue weighted by Crippen LogP contribution is 2.22. The van der Waals surface area contributed by atoms with Gasteiger partial charge in [0.15, 0.2) is 0 Å². The van der Waals surface area contributed by atoms with Crippen molar-refractivity contribution in [2.75, 3.05) is 25.4 Å². The van der Waals surface area contributed by atoms with Crippen molar-refractivity contribution >= 4 is 17.4 Å². The molecule has 122 valence electrons. The van der Waals surface area contributed by atoms with Gasteiger partial charge < -0.3 is 4.90 Å². The third-order valence-corrected chi connectivity index (χ3v) is 4.47. The summed E-state index contributed by atoms with van der Waals surface area (Å²) in [6, 6.07) is 10.2. The summed E-state index contributed by atoms with van der Waals surface area (Å²) in [7, 11) is 0. The number of nitro benzene ring substituents is 1. The third kappa shape index (κ3) is 5.01. The van der Waals surface area contributed by atoms with E-state index in [1.165, 1.54) is 12.1 Å². The molecule has 0 radical (unpaired) electrons. The Morgan fingerprint density at radius 1 is 1.09 bits per heavy atom. The van der Waals surface area contributed by atoms with Gasteiger partial charge in [0.2, 0.25) is 0 Å². The van der Waals surface area contributed by atoms with Crippen LogP contribution in [-0.4, -0.2) is 45.4 Å². The molecule has 0 aliphatic carbocycles. The number of non-ortho nitro benzene ring substituents is 1. The second-order valence-corrected chi connectivity index (χ2v) is 6.05. The fourth-order valence-corrected chi connectivity index (χ4v) is 2.95. The van der Waals surface area contributed by atoms with Crippen LogP contribution in [0.5, 0.6) is 0 Å². The minimum Gasteiger partial charge on any atom is -0.303 e. The Bertz CT molecular complexity index is 628. The third-order valence-electron chi connectivity index (χ3n) is 3.57. The van der Waals surface area contributed by atoms with Crippen molar-refractivity contribution in [3.63, 3.8) is 0 Å². The number of rotatable bonds is 8. The summed E-state index contributed by atoms with van der Waals surface area (Å²) < 4.78 is 0. The van der Waals surface area contributed by atoms with Crippen molar-refractivity contribution in [2.24, 2.45) is 0 Å². The molecule has 23 heavy (non-hydrogen) atoms. The van der Waals surface area contributed by atoms with Gasteiger partial charge in [-0.15, -0.1) is 22.0 Å². The van der Waals surface area contributed by atoms with Crippen molar-refractivity contribution in [3.8, 4) is 11.3 Å². The molecule has 0 unspecified atom stereocenters. The van der Waals surface area contributed by atoms with E-state index in [4.69, 9.17) is 0 Å². The van der Waals surface area contributed by atoms with E-state index >= 15 is 0 Å². The zero-order valence-electron chi connectivity index (χ0n) is 13.3. The molecule has 6 nitrogen and oxygen atoms in total. The molecule has 0 saturated carbocycles. The number of thioether (sulfide) groups is 1. The highest BCUT2D eigenvalue weighted by Gasteiger charge is 2.07. The van der Waals surface area contributed by atoms with Gasteiger partial charge in [-0.3, -0.25) is 10.1 Å². The van der Waals surface area contributed by atoms with E-state index in [0.29, 0.717) is 5.69 Å². The van der Waals surface area contributed by atoms with E-state index in [1.54, 1.807) is 23.9 Å². The first-order chi connectivity index (χ1) is 11.1. The lowest BCUT2D eigenvalue weighted by atomic mass is 10.1. The summed E-state index contributed by atoms with van der Waals surface area (Å²) in [5, 5.41) is 20.0. The van der Waals surface area contributed by atoms with Crippen molar-refractivity contribution in [1.29, 1.82) is 0 Å². The Kier molecular flexibility index (Phi) is 6.49. The summed E-state index contributed by atoms with van der Waals surface area (Å²) in [5.41, 5.74) is 1.61. The molecule has 2 rings (SSSR count).